The number of nitrogens with zero attached hydrogens (tertiary/aromatic N) is 4. The van der Waals surface area contributed by atoms with E-state index in [1.807, 2.05) is 4.90 Å². The minimum Gasteiger partial charge on any atom is -0.372 e. The number of amides is 1. The van der Waals surface area contributed by atoms with Gasteiger partial charge in [0.15, 0.2) is 0 Å². The molecule has 20 heavy (non-hydrogen) atoms. The van der Waals surface area contributed by atoms with Crippen molar-refractivity contribution in [1.29, 1.82) is 0 Å². The first kappa shape index (κ1) is 13.3. The van der Waals surface area contributed by atoms with Gasteiger partial charge in [-0.1, -0.05) is 0 Å². The number of nitrogens with one attached hydrogen (secondary N) is 1. The van der Waals surface area contributed by atoms with Gasteiger partial charge in [0.05, 0.1) is 12.4 Å². The van der Waals surface area contributed by atoms with E-state index in [0.29, 0.717) is 17.6 Å². The van der Waals surface area contributed by atoms with Crippen molar-refractivity contribution in [3.8, 4) is 0 Å². The first-order valence-electron chi connectivity index (χ1n) is 7.31. The van der Waals surface area contributed by atoms with Crippen LogP contribution in [0.4, 0.5) is 5.82 Å². The van der Waals surface area contributed by atoms with Crippen molar-refractivity contribution in [2.75, 3.05) is 38.5 Å². The fourth-order valence-corrected chi connectivity index (χ4v) is 3.08. The van der Waals surface area contributed by atoms with Gasteiger partial charge >= 0.3 is 0 Å². The van der Waals surface area contributed by atoms with Crippen LogP contribution >= 0.6 is 0 Å². The van der Waals surface area contributed by atoms with Crippen LogP contribution in [0.2, 0.25) is 0 Å². The molecule has 0 spiro atoms. The zero-order chi connectivity index (χ0) is 13.9. The third kappa shape index (κ3) is 2.60. The van der Waals surface area contributed by atoms with Crippen LogP contribution in [0, 0.1) is 0 Å². The molecule has 6 heteroatoms. The molecule has 6 nitrogen and oxygen atoms in total. The molecule has 1 amide bonds. The van der Waals surface area contributed by atoms with E-state index in [1.165, 1.54) is 25.9 Å². The Kier molecular flexibility index (Phi) is 3.82. The summed E-state index contributed by atoms with van der Waals surface area (Å²) >= 11 is 0. The van der Waals surface area contributed by atoms with Crippen LogP contribution in [-0.2, 0) is 0 Å². The molecule has 0 saturated carbocycles. The molecule has 1 aromatic rings. The van der Waals surface area contributed by atoms with E-state index in [9.17, 15) is 4.79 Å². The summed E-state index contributed by atoms with van der Waals surface area (Å²) in [5.74, 6) is 0.627. The van der Waals surface area contributed by atoms with E-state index in [0.717, 1.165) is 19.5 Å². The van der Waals surface area contributed by atoms with E-state index in [2.05, 4.69) is 20.2 Å². The lowest BCUT2D eigenvalue weighted by molar-refractivity contribution is 0.0774. The van der Waals surface area contributed by atoms with Gasteiger partial charge < -0.3 is 10.2 Å². The SMILES string of the molecule is CNc1cncc(C(=O)N2CCC(N3CCCC3)C2)n1. The van der Waals surface area contributed by atoms with E-state index in [-0.39, 0.29) is 5.91 Å². The Labute approximate surface area is 119 Å². The molecule has 1 atom stereocenters. The number of hydrogen-bond donors (Lipinski definition) is 1. The summed E-state index contributed by atoms with van der Waals surface area (Å²) < 4.78 is 0. The summed E-state index contributed by atoms with van der Waals surface area (Å²) in [6, 6.07) is 0.530. The fraction of sp³-hybridized carbons (Fsp3) is 0.643. The second kappa shape index (κ2) is 5.75. The molecule has 2 saturated heterocycles. The van der Waals surface area contributed by atoms with Crippen LogP contribution in [-0.4, -0.2) is 64.9 Å². The molecule has 2 aliphatic heterocycles. The number of rotatable bonds is 3. The van der Waals surface area contributed by atoms with Gasteiger partial charge in [0.1, 0.15) is 11.5 Å². The quantitative estimate of drug-likeness (QED) is 0.885. The molecule has 3 rings (SSSR count). The maximum absolute atomic E-state index is 12.5. The van der Waals surface area contributed by atoms with Crippen molar-refractivity contribution >= 4 is 11.7 Å². The Morgan fingerprint density at radius 3 is 2.85 bits per heavy atom. The van der Waals surface area contributed by atoms with Gasteiger partial charge in [-0.05, 0) is 32.4 Å². The maximum Gasteiger partial charge on any atom is 0.274 e. The number of aromatic nitrogens is 2. The van der Waals surface area contributed by atoms with Gasteiger partial charge in [0, 0.05) is 26.2 Å². The standard InChI is InChI=1S/C14H21N5O/c1-15-13-9-16-8-12(17-13)14(20)19-7-4-11(10-19)18-5-2-3-6-18/h8-9,11H,2-7,10H2,1H3,(H,15,17). The number of carbonyl (C=O) groups is 1. The van der Waals surface area contributed by atoms with Crippen molar-refractivity contribution < 1.29 is 4.79 Å². The molecule has 1 aromatic heterocycles. The largest absolute Gasteiger partial charge is 0.372 e. The zero-order valence-electron chi connectivity index (χ0n) is 11.9. The lowest BCUT2D eigenvalue weighted by atomic mass is 10.2. The average molecular weight is 275 g/mol. The van der Waals surface area contributed by atoms with Gasteiger partial charge in [-0.25, -0.2) is 4.98 Å². The summed E-state index contributed by atoms with van der Waals surface area (Å²) in [5, 5.41) is 2.91. The highest BCUT2D eigenvalue weighted by molar-refractivity contribution is 5.92. The Bertz CT molecular complexity index is 486. The van der Waals surface area contributed by atoms with Gasteiger partial charge in [0.25, 0.3) is 5.91 Å². The van der Waals surface area contributed by atoms with Gasteiger partial charge in [0.2, 0.25) is 0 Å². The van der Waals surface area contributed by atoms with E-state index in [1.54, 1.807) is 19.4 Å². The average Bonchev–Trinajstić information content (AvgIpc) is 3.17. The highest BCUT2D eigenvalue weighted by Crippen LogP contribution is 2.21. The molecule has 0 aliphatic carbocycles. The molecule has 108 valence electrons. The van der Waals surface area contributed by atoms with Crippen LogP contribution in [0.1, 0.15) is 29.8 Å². The van der Waals surface area contributed by atoms with Crippen LogP contribution in [0.15, 0.2) is 12.4 Å². The minimum atomic E-state index is -0.00343. The predicted molar refractivity (Wildman–Crippen MR) is 76.7 cm³/mol. The molecular weight excluding hydrogens is 254 g/mol. The summed E-state index contributed by atoms with van der Waals surface area (Å²) in [4.78, 5) is 25.2. The maximum atomic E-state index is 12.5. The highest BCUT2D eigenvalue weighted by atomic mass is 16.2. The van der Waals surface area contributed by atoms with Gasteiger partial charge in [-0.2, -0.15) is 0 Å². The van der Waals surface area contributed by atoms with Crippen LogP contribution < -0.4 is 5.32 Å². The molecule has 2 aliphatic rings. The summed E-state index contributed by atoms with van der Waals surface area (Å²) in [6.07, 6.45) is 6.82. The number of likely N-dealkylation sites (tertiary alicyclic amines) is 2. The molecule has 0 aromatic carbocycles. The predicted octanol–water partition coefficient (Wildman–Crippen LogP) is 0.829. The van der Waals surface area contributed by atoms with Crippen molar-refractivity contribution in [3.05, 3.63) is 18.1 Å². The Balaban J connectivity index is 1.65. The normalized spacial score (nSPS) is 23.2. The number of hydrogen-bond acceptors (Lipinski definition) is 5. The molecule has 2 fully saturated rings. The fourth-order valence-electron chi connectivity index (χ4n) is 3.08. The van der Waals surface area contributed by atoms with Crippen LogP contribution in [0.3, 0.4) is 0 Å². The van der Waals surface area contributed by atoms with Crippen LogP contribution in [0.25, 0.3) is 0 Å². The van der Waals surface area contributed by atoms with E-state index < -0.39 is 0 Å². The molecule has 1 unspecified atom stereocenters. The third-order valence-corrected chi connectivity index (χ3v) is 4.22. The van der Waals surface area contributed by atoms with E-state index >= 15 is 0 Å². The second-order valence-electron chi connectivity index (χ2n) is 5.48. The smallest absolute Gasteiger partial charge is 0.274 e. The summed E-state index contributed by atoms with van der Waals surface area (Å²) in [7, 11) is 1.78. The monoisotopic (exact) mass is 275 g/mol. The topological polar surface area (TPSA) is 61.4 Å². The van der Waals surface area contributed by atoms with E-state index in [4.69, 9.17) is 0 Å². The number of anilines is 1. The first-order valence-corrected chi connectivity index (χ1v) is 7.31. The molecular formula is C14H21N5O. The second-order valence-corrected chi connectivity index (χ2v) is 5.48. The Hall–Kier alpha value is -1.69. The van der Waals surface area contributed by atoms with Gasteiger partial charge in [-0.3, -0.25) is 14.7 Å². The first-order chi connectivity index (χ1) is 9.78. The van der Waals surface area contributed by atoms with Crippen LogP contribution in [0.5, 0.6) is 0 Å². The lowest BCUT2D eigenvalue weighted by Gasteiger charge is -2.23. The van der Waals surface area contributed by atoms with Crippen molar-refractivity contribution in [1.82, 2.24) is 19.8 Å². The molecule has 3 heterocycles. The third-order valence-electron chi connectivity index (χ3n) is 4.22. The Morgan fingerprint density at radius 2 is 2.10 bits per heavy atom. The van der Waals surface area contributed by atoms with Crippen molar-refractivity contribution in [2.24, 2.45) is 0 Å². The zero-order valence-corrected chi connectivity index (χ0v) is 11.9. The summed E-state index contributed by atoms with van der Waals surface area (Å²) in [6.45, 7) is 4.01. The van der Waals surface area contributed by atoms with Gasteiger partial charge in [-0.15, -0.1) is 0 Å². The Morgan fingerprint density at radius 1 is 1.30 bits per heavy atom. The highest BCUT2D eigenvalue weighted by Gasteiger charge is 2.32. The van der Waals surface area contributed by atoms with Crippen molar-refractivity contribution in [3.63, 3.8) is 0 Å². The lowest BCUT2D eigenvalue weighted by Crippen LogP contribution is -2.37. The molecule has 1 N–H and O–H groups in total. The molecule has 0 radical (unpaired) electrons. The number of carbonyl (C=O) groups excluding carboxylic acids is 1. The van der Waals surface area contributed by atoms with Crippen molar-refractivity contribution in [2.45, 2.75) is 25.3 Å². The molecule has 0 bridgehead atoms. The summed E-state index contributed by atoms with van der Waals surface area (Å²) in [5.41, 5.74) is 0.430. The minimum absolute atomic E-state index is 0.00343.